The number of anilines is 1. The summed E-state index contributed by atoms with van der Waals surface area (Å²) in [5, 5.41) is 3.11. The Morgan fingerprint density at radius 1 is 1.13 bits per heavy atom. The first kappa shape index (κ1) is 15.0. The maximum Gasteiger partial charge on any atom is 0.225 e. The fourth-order valence-corrected chi connectivity index (χ4v) is 5.89. The van der Waals surface area contributed by atoms with E-state index in [9.17, 15) is 4.79 Å². The second kappa shape index (κ2) is 5.85. The van der Waals surface area contributed by atoms with E-state index in [1.54, 1.807) is 0 Å². The van der Waals surface area contributed by atoms with Crippen molar-refractivity contribution in [1.82, 2.24) is 0 Å². The summed E-state index contributed by atoms with van der Waals surface area (Å²) in [5.74, 6) is 3.62. The summed E-state index contributed by atoms with van der Waals surface area (Å²) < 4.78 is 5.62. The number of para-hydroxylation sites is 2. The Morgan fingerprint density at radius 2 is 1.74 bits per heavy atom. The van der Waals surface area contributed by atoms with Crippen LogP contribution in [0.4, 0.5) is 5.69 Å². The summed E-state index contributed by atoms with van der Waals surface area (Å²) in [5.41, 5.74) is 1.10. The first-order valence-corrected chi connectivity index (χ1v) is 9.17. The molecular weight excluding hydrogens is 286 g/mol. The lowest BCUT2D eigenvalue weighted by atomic mass is 9.49. The van der Waals surface area contributed by atoms with Crippen LogP contribution in [0.2, 0.25) is 0 Å². The van der Waals surface area contributed by atoms with E-state index < -0.39 is 0 Å². The van der Waals surface area contributed by atoms with Gasteiger partial charge in [-0.15, -0.1) is 0 Å². The molecule has 4 saturated carbocycles. The number of carbonyl (C=O) groups is 1. The Morgan fingerprint density at radius 3 is 2.35 bits per heavy atom. The molecule has 0 spiro atoms. The van der Waals surface area contributed by atoms with Gasteiger partial charge < -0.3 is 10.1 Å². The van der Waals surface area contributed by atoms with Crippen LogP contribution < -0.4 is 10.1 Å². The minimum absolute atomic E-state index is 0.166. The third kappa shape index (κ3) is 2.98. The van der Waals surface area contributed by atoms with Crippen LogP contribution in [-0.4, -0.2) is 12.5 Å². The zero-order chi connectivity index (χ0) is 15.9. The molecule has 0 atom stereocenters. The Bertz CT molecular complexity index is 560. The molecule has 0 heterocycles. The topological polar surface area (TPSA) is 38.3 Å². The highest BCUT2D eigenvalue weighted by Crippen LogP contribution is 2.61. The number of hydrogen-bond acceptors (Lipinski definition) is 2. The van der Waals surface area contributed by atoms with Gasteiger partial charge in [0.15, 0.2) is 0 Å². The number of nitrogens with one attached hydrogen (secondary N) is 1. The van der Waals surface area contributed by atoms with E-state index in [2.05, 4.69) is 5.32 Å². The maximum atomic E-state index is 12.7. The number of benzene rings is 1. The van der Waals surface area contributed by atoms with E-state index in [0.29, 0.717) is 18.4 Å². The molecule has 4 bridgehead atoms. The molecule has 1 amide bonds. The molecule has 0 radical (unpaired) electrons. The van der Waals surface area contributed by atoms with Crippen LogP contribution in [-0.2, 0) is 4.79 Å². The van der Waals surface area contributed by atoms with Crippen molar-refractivity contribution in [2.75, 3.05) is 11.9 Å². The van der Waals surface area contributed by atoms with E-state index in [0.717, 1.165) is 29.2 Å². The number of amides is 1. The second-order valence-electron chi connectivity index (χ2n) is 8.07. The summed E-state index contributed by atoms with van der Waals surface area (Å²) in [6.45, 7) is 2.58. The third-order valence-electron chi connectivity index (χ3n) is 6.16. The van der Waals surface area contributed by atoms with Gasteiger partial charge in [-0.1, -0.05) is 12.1 Å². The number of rotatable bonds is 5. The van der Waals surface area contributed by atoms with Gasteiger partial charge in [0.25, 0.3) is 0 Å². The molecule has 23 heavy (non-hydrogen) atoms. The molecule has 3 nitrogen and oxygen atoms in total. The van der Waals surface area contributed by atoms with Crippen molar-refractivity contribution in [3.05, 3.63) is 24.3 Å². The molecular formula is C20H27NO2. The van der Waals surface area contributed by atoms with Gasteiger partial charge in [0.2, 0.25) is 5.91 Å². The Kier molecular flexibility index (Phi) is 3.82. The monoisotopic (exact) mass is 313 g/mol. The fraction of sp³-hybridized carbons (Fsp3) is 0.650. The molecule has 1 aromatic carbocycles. The molecule has 3 heteroatoms. The normalized spacial score (nSPS) is 34.4. The van der Waals surface area contributed by atoms with Crippen molar-refractivity contribution in [3.63, 3.8) is 0 Å². The fourth-order valence-electron chi connectivity index (χ4n) is 5.89. The summed E-state index contributed by atoms with van der Waals surface area (Å²) in [6, 6.07) is 7.75. The molecule has 4 fully saturated rings. The van der Waals surface area contributed by atoms with Crippen LogP contribution in [0.3, 0.4) is 0 Å². The number of hydrogen-bond donors (Lipinski definition) is 1. The molecule has 0 unspecified atom stereocenters. The van der Waals surface area contributed by atoms with E-state index in [-0.39, 0.29) is 5.91 Å². The van der Waals surface area contributed by atoms with E-state index in [1.165, 1.54) is 38.5 Å². The molecule has 0 saturated heterocycles. The summed E-state index contributed by atoms with van der Waals surface area (Å²) in [6.07, 6.45) is 8.80. The van der Waals surface area contributed by atoms with Crippen LogP contribution in [0.15, 0.2) is 24.3 Å². The van der Waals surface area contributed by atoms with Crippen molar-refractivity contribution in [1.29, 1.82) is 0 Å². The Balaban J connectivity index is 1.44. The SMILES string of the molecule is CCOc1ccccc1NC(=O)CC12CC3CC(CC(C3)C1)C2. The minimum Gasteiger partial charge on any atom is -0.492 e. The number of ether oxygens (including phenoxy) is 1. The largest absolute Gasteiger partial charge is 0.492 e. The smallest absolute Gasteiger partial charge is 0.225 e. The van der Waals surface area contributed by atoms with Crippen molar-refractivity contribution < 1.29 is 9.53 Å². The summed E-state index contributed by atoms with van der Waals surface area (Å²) in [4.78, 5) is 12.7. The van der Waals surface area contributed by atoms with Crippen LogP contribution in [0.1, 0.15) is 51.9 Å². The average molecular weight is 313 g/mol. The first-order valence-electron chi connectivity index (χ1n) is 9.17. The first-order chi connectivity index (χ1) is 11.2. The van der Waals surface area contributed by atoms with Gasteiger partial charge in [-0.25, -0.2) is 0 Å². The summed E-state index contributed by atoms with van der Waals surface area (Å²) >= 11 is 0. The van der Waals surface area contributed by atoms with Gasteiger partial charge in [-0.2, -0.15) is 0 Å². The zero-order valence-electron chi connectivity index (χ0n) is 14.0. The van der Waals surface area contributed by atoms with Crippen LogP contribution in [0, 0.1) is 23.2 Å². The van der Waals surface area contributed by atoms with Crippen LogP contribution in [0.5, 0.6) is 5.75 Å². The van der Waals surface area contributed by atoms with Gasteiger partial charge in [-0.3, -0.25) is 4.79 Å². The van der Waals surface area contributed by atoms with E-state index in [4.69, 9.17) is 4.74 Å². The molecule has 0 aliphatic heterocycles. The lowest BCUT2D eigenvalue weighted by Gasteiger charge is -2.56. The molecule has 1 N–H and O–H groups in total. The lowest BCUT2D eigenvalue weighted by Crippen LogP contribution is -2.47. The zero-order valence-corrected chi connectivity index (χ0v) is 14.0. The highest BCUT2D eigenvalue weighted by Gasteiger charge is 2.51. The maximum absolute atomic E-state index is 12.7. The third-order valence-corrected chi connectivity index (χ3v) is 6.16. The molecule has 4 aliphatic rings. The molecule has 0 aromatic heterocycles. The van der Waals surface area contributed by atoms with Gasteiger partial charge in [0.05, 0.1) is 12.3 Å². The average Bonchev–Trinajstić information content (AvgIpc) is 2.47. The van der Waals surface area contributed by atoms with Gasteiger partial charge >= 0.3 is 0 Å². The predicted molar refractivity (Wildman–Crippen MR) is 91.5 cm³/mol. The predicted octanol–water partition coefficient (Wildman–Crippen LogP) is 4.63. The van der Waals surface area contributed by atoms with Crippen molar-refractivity contribution in [3.8, 4) is 5.75 Å². The lowest BCUT2D eigenvalue weighted by molar-refractivity contribution is -0.124. The van der Waals surface area contributed by atoms with E-state index in [1.807, 2.05) is 31.2 Å². The summed E-state index contributed by atoms with van der Waals surface area (Å²) in [7, 11) is 0. The van der Waals surface area contributed by atoms with Gasteiger partial charge in [0, 0.05) is 6.42 Å². The standard InChI is InChI=1S/C20H27NO2/c1-2-23-18-6-4-3-5-17(18)21-19(22)13-20-10-14-7-15(11-20)9-16(8-14)12-20/h3-6,14-16H,2,7-13H2,1H3,(H,21,22). The number of carbonyl (C=O) groups excluding carboxylic acids is 1. The van der Waals surface area contributed by atoms with Crippen molar-refractivity contribution in [2.45, 2.75) is 51.9 Å². The Hall–Kier alpha value is -1.51. The van der Waals surface area contributed by atoms with Gasteiger partial charge in [0.1, 0.15) is 5.75 Å². The highest BCUT2D eigenvalue weighted by molar-refractivity contribution is 5.92. The second-order valence-corrected chi connectivity index (χ2v) is 8.07. The molecule has 1 aromatic rings. The van der Waals surface area contributed by atoms with E-state index >= 15 is 0 Å². The van der Waals surface area contributed by atoms with Gasteiger partial charge in [-0.05, 0) is 80.8 Å². The quantitative estimate of drug-likeness (QED) is 0.860. The molecule has 4 aliphatic carbocycles. The van der Waals surface area contributed by atoms with Crippen LogP contribution >= 0.6 is 0 Å². The van der Waals surface area contributed by atoms with Crippen molar-refractivity contribution in [2.24, 2.45) is 23.2 Å². The molecule has 124 valence electrons. The highest BCUT2D eigenvalue weighted by atomic mass is 16.5. The minimum atomic E-state index is 0.166. The molecule has 5 rings (SSSR count). The Labute approximate surface area is 138 Å². The van der Waals surface area contributed by atoms with Crippen LogP contribution in [0.25, 0.3) is 0 Å². The van der Waals surface area contributed by atoms with Crippen molar-refractivity contribution >= 4 is 11.6 Å².